The second-order valence-corrected chi connectivity index (χ2v) is 5.49. The highest BCUT2D eigenvalue weighted by atomic mass is 79.9. The molecule has 0 N–H and O–H groups in total. The van der Waals surface area contributed by atoms with Crippen molar-refractivity contribution in [3.05, 3.63) is 32.8 Å². The number of hydrogen-bond acceptors (Lipinski definition) is 4. The number of halogens is 2. The van der Waals surface area contributed by atoms with Crippen LogP contribution >= 0.6 is 27.5 Å². The van der Waals surface area contributed by atoms with E-state index in [1.807, 2.05) is 0 Å². The fraction of sp³-hybridized carbons (Fsp3) is 0.455. The molecule has 2 rings (SSSR count). The first-order chi connectivity index (χ1) is 8.51. The van der Waals surface area contributed by atoms with Crippen LogP contribution in [-0.4, -0.2) is 29.6 Å². The van der Waals surface area contributed by atoms with Gasteiger partial charge in [0.05, 0.1) is 16.4 Å². The Morgan fingerprint density at radius 2 is 2.22 bits per heavy atom. The number of ether oxygens (including phenoxy) is 2. The zero-order valence-corrected chi connectivity index (χ0v) is 11.8. The molecular formula is C11H11BrClNO4. The van der Waals surface area contributed by atoms with E-state index >= 15 is 0 Å². The van der Waals surface area contributed by atoms with Crippen LogP contribution in [0.5, 0.6) is 5.75 Å². The minimum absolute atomic E-state index is 0.0184. The van der Waals surface area contributed by atoms with Crippen LogP contribution in [0.3, 0.4) is 0 Å². The van der Waals surface area contributed by atoms with E-state index in [1.54, 1.807) is 13.2 Å². The molecule has 0 heterocycles. The fourth-order valence-corrected chi connectivity index (χ4v) is 2.74. The number of non-ortho nitro benzene ring substituents is 1. The summed E-state index contributed by atoms with van der Waals surface area (Å²) >= 11 is 9.18. The van der Waals surface area contributed by atoms with E-state index in [0.717, 1.165) is 0 Å². The van der Waals surface area contributed by atoms with Crippen LogP contribution < -0.4 is 4.74 Å². The van der Waals surface area contributed by atoms with E-state index in [0.29, 0.717) is 16.6 Å². The van der Waals surface area contributed by atoms with Crippen LogP contribution in [0.4, 0.5) is 5.69 Å². The average molecular weight is 337 g/mol. The molecule has 0 radical (unpaired) electrons. The van der Waals surface area contributed by atoms with Gasteiger partial charge in [-0.1, -0.05) is 15.9 Å². The first kappa shape index (κ1) is 13.6. The smallest absolute Gasteiger partial charge is 0.274 e. The Hall–Kier alpha value is -0.850. The molecule has 0 bridgehead atoms. The van der Waals surface area contributed by atoms with E-state index in [-0.39, 0.29) is 23.3 Å². The monoisotopic (exact) mass is 335 g/mol. The van der Waals surface area contributed by atoms with Crippen LogP contribution in [0.2, 0.25) is 0 Å². The van der Waals surface area contributed by atoms with Gasteiger partial charge in [-0.3, -0.25) is 10.1 Å². The molecule has 7 heteroatoms. The first-order valence-corrected chi connectivity index (χ1v) is 6.52. The Morgan fingerprint density at radius 3 is 2.78 bits per heavy atom. The Labute approximate surface area is 117 Å². The predicted octanol–water partition coefficient (Wildman–Crippen LogP) is 3.13. The number of rotatable bonds is 4. The molecule has 3 atom stereocenters. The van der Waals surface area contributed by atoms with Crippen LogP contribution in [-0.2, 0) is 4.74 Å². The van der Waals surface area contributed by atoms with Gasteiger partial charge in [-0.2, -0.15) is 0 Å². The van der Waals surface area contributed by atoms with Crippen molar-refractivity contribution in [1.29, 1.82) is 0 Å². The van der Waals surface area contributed by atoms with Crippen molar-refractivity contribution >= 4 is 33.2 Å². The first-order valence-electron chi connectivity index (χ1n) is 5.29. The van der Waals surface area contributed by atoms with E-state index in [1.165, 1.54) is 12.1 Å². The quantitative estimate of drug-likeness (QED) is 0.481. The Morgan fingerprint density at radius 1 is 1.50 bits per heavy atom. The van der Waals surface area contributed by atoms with Gasteiger partial charge < -0.3 is 9.47 Å². The molecular weight excluding hydrogens is 325 g/mol. The SMILES string of the molecule is COC1C(Cl)CC1Oc1cc(Br)cc([N+](=O)[O-])c1. The maximum atomic E-state index is 10.7. The number of alkyl halides is 1. The van der Waals surface area contributed by atoms with Crippen molar-refractivity contribution in [2.75, 3.05) is 7.11 Å². The molecule has 1 aromatic rings. The van der Waals surface area contributed by atoms with Crippen molar-refractivity contribution in [2.24, 2.45) is 0 Å². The Kier molecular flexibility index (Phi) is 4.09. The van der Waals surface area contributed by atoms with Crippen molar-refractivity contribution in [2.45, 2.75) is 24.0 Å². The lowest BCUT2D eigenvalue weighted by Gasteiger charge is -2.39. The van der Waals surface area contributed by atoms with Gasteiger partial charge in [0, 0.05) is 24.1 Å². The third-order valence-electron chi connectivity index (χ3n) is 2.81. The van der Waals surface area contributed by atoms with E-state index < -0.39 is 4.92 Å². The largest absolute Gasteiger partial charge is 0.487 e. The van der Waals surface area contributed by atoms with Gasteiger partial charge in [0.1, 0.15) is 18.0 Å². The maximum absolute atomic E-state index is 10.7. The Balaban J connectivity index is 2.12. The van der Waals surface area contributed by atoms with E-state index in [2.05, 4.69) is 15.9 Å². The summed E-state index contributed by atoms with van der Waals surface area (Å²) in [5, 5.41) is 10.7. The molecule has 0 spiro atoms. The van der Waals surface area contributed by atoms with Gasteiger partial charge in [-0.05, 0) is 6.07 Å². The normalized spacial score (nSPS) is 26.5. The topological polar surface area (TPSA) is 61.6 Å². The average Bonchev–Trinajstić information content (AvgIpc) is 2.27. The van der Waals surface area contributed by atoms with Crippen molar-refractivity contribution in [1.82, 2.24) is 0 Å². The lowest BCUT2D eigenvalue weighted by atomic mass is 9.91. The highest BCUT2D eigenvalue weighted by molar-refractivity contribution is 9.10. The third kappa shape index (κ3) is 2.76. The van der Waals surface area contributed by atoms with Crippen LogP contribution in [0.1, 0.15) is 6.42 Å². The molecule has 0 aliphatic heterocycles. The summed E-state index contributed by atoms with van der Waals surface area (Å²) < 4.78 is 11.4. The minimum atomic E-state index is -0.462. The Bertz CT molecular complexity index is 470. The number of nitrogens with zero attached hydrogens (tertiary/aromatic N) is 1. The van der Waals surface area contributed by atoms with E-state index in [9.17, 15) is 10.1 Å². The van der Waals surface area contributed by atoms with Gasteiger partial charge in [-0.25, -0.2) is 0 Å². The molecule has 0 amide bonds. The number of benzene rings is 1. The molecule has 5 nitrogen and oxygen atoms in total. The molecule has 98 valence electrons. The van der Waals surface area contributed by atoms with E-state index in [4.69, 9.17) is 21.1 Å². The summed E-state index contributed by atoms with van der Waals surface area (Å²) in [6.07, 6.45) is 0.330. The molecule has 1 aliphatic rings. The number of hydrogen-bond donors (Lipinski definition) is 0. The number of methoxy groups -OCH3 is 1. The standard InChI is InChI=1S/C11H11BrClNO4/c1-17-11-9(13)5-10(11)18-8-3-6(12)2-7(4-8)14(15)16/h2-4,9-11H,5H2,1H3. The van der Waals surface area contributed by atoms with Gasteiger partial charge in [0.25, 0.3) is 5.69 Å². The fourth-order valence-electron chi connectivity index (χ4n) is 1.84. The van der Waals surface area contributed by atoms with Crippen LogP contribution in [0.25, 0.3) is 0 Å². The highest BCUT2D eigenvalue weighted by Gasteiger charge is 2.42. The molecule has 18 heavy (non-hydrogen) atoms. The molecule has 1 aliphatic carbocycles. The van der Waals surface area contributed by atoms with Gasteiger partial charge in [-0.15, -0.1) is 11.6 Å². The lowest BCUT2D eigenvalue weighted by molar-refractivity contribution is -0.385. The summed E-state index contributed by atoms with van der Waals surface area (Å²) in [5.74, 6) is 0.437. The lowest BCUT2D eigenvalue weighted by Crippen LogP contribution is -2.52. The summed E-state index contributed by atoms with van der Waals surface area (Å²) in [6.45, 7) is 0. The number of nitro benzene ring substituents is 1. The third-order valence-corrected chi connectivity index (χ3v) is 3.69. The second kappa shape index (κ2) is 5.42. The molecule has 3 unspecified atom stereocenters. The molecule has 1 saturated carbocycles. The van der Waals surface area contributed by atoms with Crippen molar-refractivity contribution in [3.63, 3.8) is 0 Å². The van der Waals surface area contributed by atoms with Crippen LogP contribution in [0, 0.1) is 10.1 Å². The predicted molar refractivity (Wildman–Crippen MR) is 70.3 cm³/mol. The second-order valence-electron chi connectivity index (χ2n) is 4.01. The molecule has 0 aromatic heterocycles. The molecule has 1 aromatic carbocycles. The van der Waals surface area contributed by atoms with Crippen LogP contribution in [0.15, 0.2) is 22.7 Å². The summed E-state index contributed by atoms with van der Waals surface area (Å²) in [5.41, 5.74) is -0.0184. The minimum Gasteiger partial charge on any atom is -0.487 e. The summed E-state index contributed by atoms with van der Waals surface area (Å²) in [6, 6.07) is 4.49. The van der Waals surface area contributed by atoms with Gasteiger partial charge in [0.15, 0.2) is 0 Å². The summed E-state index contributed by atoms with van der Waals surface area (Å²) in [4.78, 5) is 10.3. The zero-order chi connectivity index (χ0) is 13.3. The zero-order valence-electron chi connectivity index (χ0n) is 9.51. The summed E-state index contributed by atoms with van der Waals surface area (Å²) in [7, 11) is 1.57. The van der Waals surface area contributed by atoms with Crippen molar-refractivity contribution < 1.29 is 14.4 Å². The molecule has 0 saturated heterocycles. The number of nitro groups is 1. The van der Waals surface area contributed by atoms with Gasteiger partial charge in [0.2, 0.25) is 0 Å². The molecule has 1 fully saturated rings. The highest BCUT2D eigenvalue weighted by Crippen LogP contribution is 2.34. The van der Waals surface area contributed by atoms with Crippen molar-refractivity contribution in [3.8, 4) is 5.75 Å². The van der Waals surface area contributed by atoms with Gasteiger partial charge >= 0.3 is 0 Å². The maximum Gasteiger partial charge on any atom is 0.274 e.